The third-order valence-corrected chi connectivity index (χ3v) is 3.59. The fraction of sp³-hybridized carbons (Fsp3) is 0.462. The minimum absolute atomic E-state index is 0.0117. The molecular weight excluding hydrogens is 248 g/mol. The predicted octanol–water partition coefficient (Wildman–Crippen LogP) is 2.51. The van der Waals surface area contributed by atoms with Crippen LogP contribution in [0.5, 0.6) is 0 Å². The molecule has 0 saturated heterocycles. The average Bonchev–Trinajstić information content (AvgIpc) is 2.88. The number of nitrogens with two attached hydrogens (primary N) is 1. The SMILES string of the molecule is CCc1nn(C)c(Cn2cccc2C(C)N)c1Cl. The van der Waals surface area contributed by atoms with Crippen molar-refractivity contribution in [2.45, 2.75) is 32.9 Å². The molecule has 0 fully saturated rings. The molecule has 1 unspecified atom stereocenters. The van der Waals surface area contributed by atoms with Gasteiger partial charge in [0.05, 0.1) is 23.0 Å². The Morgan fingerprint density at radius 2 is 2.22 bits per heavy atom. The van der Waals surface area contributed by atoms with Crippen molar-refractivity contribution in [2.75, 3.05) is 0 Å². The number of hydrogen-bond acceptors (Lipinski definition) is 2. The Labute approximate surface area is 112 Å². The van der Waals surface area contributed by atoms with Gasteiger partial charge in [-0.15, -0.1) is 0 Å². The lowest BCUT2D eigenvalue weighted by Crippen LogP contribution is -2.14. The smallest absolute Gasteiger partial charge is 0.0868 e. The summed E-state index contributed by atoms with van der Waals surface area (Å²) in [5.74, 6) is 0. The van der Waals surface area contributed by atoms with Crippen LogP contribution in [-0.4, -0.2) is 14.3 Å². The van der Waals surface area contributed by atoms with E-state index >= 15 is 0 Å². The summed E-state index contributed by atoms with van der Waals surface area (Å²) in [4.78, 5) is 0. The Balaban J connectivity index is 2.34. The lowest BCUT2D eigenvalue weighted by atomic mass is 10.2. The Bertz CT molecular complexity index is 539. The minimum Gasteiger partial charge on any atom is -0.344 e. The molecule has 98 valence electrons. The first-order valence-electron chi connectivity index (χ1n) is 6.15. The first-order valence-corrected chi connectivity index (χ1v) is 6.53. The molecule has 0 aliphatic carbocycles. The molecule has 2 aromatic rings. The van der Waals surface area contributed by atoms with Gasteiger partial charge in [0.25, 0.3) is 0 Å². The first kappa shape index (κ1) is 13.2. The van der Waals surface area contributed by atoms with E-state index in [1.165, 1.54) is 0 Å². The van der Waals surface area contributed by atoms with E-state index in [0.29, 0.717) is 6.54 Å². The van der Waals surface area contributed by atoms with E-state index < -0.39 is 0 Å². The van der Waals surface area contributed by atoms with Crippen LogP contribution in [0.3, 0.4) is 0 Å². The lowest BCUT2D eigenvalue weighted by molar-refractivity contribution is 0.625. The quantitative estimate of drug-likeness (QED) is 0.924. The summed E-state index contributed by atoms with van der Waals surface area (Å²) in [5.41, 5.74) is 9.01. The van der Waals surface area contributed by atoms with Gasteiger partial charge in [-0.25, -0.2) is 0 Å². The average molecular weight is 267 g/mol. The standard InChI is InChI=1S/C13H19ClN4/c1-4-10-13(14)12(17(3)16-10)8-18-7-5-6-11(18)9(2)15/h5-7,9H,4,8,15H2,1-3H3. The molecular formula is C13H19ClN4. The molecule has 0 aromatic carbocycles. The highest BCUT2D eigenvalue weighted by atomic mass is 35.5. The molecule has 4 nitrogen and oxygen atoms in total. The minimum atomic E-state index is 0.0117. The lowest BCUT2D eigenvalue weighted by Gasteiger charge is -2.12. The van der Waals surface area contributed by atoms with Crippen molar-refractivity contribution >= 4 is 11.6 Å². The molecule has 0 radical (unpaired) electrons. The van der Waals surface area contributed by atoms with Gasteiger partial charge >= 0.3 is 0 Å². The zero-order valence-electron chi connectivity index (χ0n) is 11.0. The second-order valence-electron chi connectivity index (χ2n) is 4.53. The zero-order chi connectivity index (χ0) is 13.3. The van der Waals surface area contributed by atoms with Crippen LogP contribution in [0.1, 0.15) is 37.0 Å². The number of aromatic nitrogens is 3. The molecule has 0 aliphatic rings. The second-order valence-corrected chi connectivity index (χ2v) is 4.91. The monoisotopic (exact) mass is 266 g/mol. The largest absolute Gasteiger partial charge is 0.344 e. The molecule has 2 heterocycles. The molecule has 2 aromatic heterocycles. The van der Waals surface area contributed by atoms with Crippen molar-refractivity contribution in [2.24, 2.45) is 12.8 Å². The van der Waals surface area contributed by atoms with Gasteiger partial charge in [0, 0.05) is 25.0 Å². The first-order chi connectivity index (χ1) is 8.54. The van der Waals surface area contributed by atoms with Gasteiger partial charge < -0.3 is 10.3 Å². The summed E-state index contributed by atoms with van der Waals surface area (Å²) in [6.45, 7) is 4.74. The van der Waals surface area contributed by atoms with Gasteiger partial charge in [0.1, 0.15) is 0 Å². The van der Waals surface area contributed by atoms with Crippen LogP contribution < -0.4 is 5.73 Å². The Hall–Kier alpha value is -1.26. The maximum absolute atomic E-state index is 6.35. The molecule has 5 heteroatoms. The molecule has 18 heavy (non-hydrogen) atoms. The van der Waals surface area contributed by atoms with Gasteiger partial charge in [-0.05, 0) is 25.5 Å². The molecule has 1 atom stereocenters. The third-order valence-electron chi connectivity index (χ3n) is 3.15. The van der Waals surface area contributed by atoms with Crippen LogP contribution in [0.15, 0.2) is 18.3 Å². The van der Waals surface area contributed by atoms with Crippen LogP contribution in [0.25, 0.3) is 0 Å². The van der Waals surface area contributed by atoms with Crippen molar-refractivity contribution < 1.29 is 0 Å². The second kappa shape index (κ2) is 5.16. The van der Waals surface area contributed by atoms with E-state index in [-0.39, 0.29) is 6.04 Å². The number of rotatable bonds is 4. The van der Waals surface area contributed by atoms with Crippen molar-refractivity contribution in [3.63, 3.8) is 0 Å². The van der Waals surface area contributed by atoms with Gasteiger partial charge in [0.2, 0.25) is 0 Å². The van der Waals surface area contributed by atoms with Gasteiger partial charge in [0.15, 0.2) is 0 Å². The zero-order valence-corrected chi connectivity index (χ0v) is 11.8. The summed E-state index contributed by atoms with van der Waals surface area (Å²) < 4.78 is 3.97. The summed E-state index contributed by atoms with van der Waals surface area (Å²) in [6.07, 6.45) is 2.87. The summed E-state index contributed by atoms with van der Waals surface area (Å²) >= 11 is 6.35. The highest BCUT2D eigenvalue weighted by molar-refractivity contribution is 6.31. The molecule has 0 saturated carbocycles. The van der Waals surface area contributed by atoms with Crippen molar-refractivity contribution in [1.29, 1.82) is 0 Å². The van der Waals surface area contributed by atoms with Crippen molar-refractivity contribution in [3.05, 3.63) is 40.4 Å². The van der Waals surface area contributed by atoms with E-state index in [1.807, 2.05) is 37.0 Å². The van der Waals surface area contributed by atoms with Crippen LogP contribution >= 0.6 is 11.6 Å². The third kappa shape index (κ3) is 2.31. The van der Waals surface area contributed by atoms with Crippen LogP contribution in [0.4, 0.5) is 0 Å². The van der Waals surface area contributed by atoms with E-state index in [2.05, 4.69) is 16.6 Å². The Kier molecular flexibility index (Phi) is 3.78. The number of nitrogens with zero attached hydrogens (tertiary/aromatic N) is 3. The van der Waals surface area contributed by atoms with E-state index in [4.69, 9.17) is 17.3 Å². The van der Waals surface area contributed by atoms with Crippen molar-refractivity contribution in [3.8, 4) is 0 Å². The topological polar surface area (TPSA) is 48.8 Å². The maximum Gasteiger partial charge on any atom is 0.0868 e. The molecule has 0 bridgehead atoms. The summed E-state index contributed by atoms with van der Waals surface area (Å²) in [5, 5.41) is 5.19. The van der Waals surface area contributed by atoms with Crippen molar-refractivity contribution in [1.82, 2.24) is 14.3 Å². The molecule has 0 aliphatic heterocycles. The Morgan fingerprint density at radius 3 is 2.78 bits per heavy atom. The number of halogens is 1. The van der Waals surface area contributed by atoms with E-state index in [1.54, 1.807) is 0 Å². The maximum atomic E-state index is 6.35. The van der Waals surface area contributed by atoms with Gasteiger partial charge in [-0.1, -0.05) is 18.5 Å². The number of aryl methyl sites for hydroxylation is 2. The van der Waals surface area contributed by atoms with E-state index in [0.717, 1.165) is 28.5 Å². The molecule has 2 rings (SSSR count). The summed E-state index contributed by atoms with van der Waals surface area (Å²) in [6, 6.07) is 4.05. The highest BCUT2D eigenvalue weighted by Gasteiger charge is 2.15. The molecule has 0 spiro atoms. The van der Waals surface area contributed by atoms with Gasteiger partial charge in [-0.2, -0.15) is 5.10 Å². The van der Waals surface area contributed by atoms with Gasteiger partial charge in [-0.3, -0.25) is 4.68 Å². The fourth-order valence-corrected chi connectivity index (χ4v) is 2.49. The normalized spacial score (nSPS) is 12.9. The molecule has 0 amide bonds. The highest BCUT2D eigenvalue weighted by Crippen LogP contribution is 2.23. The van der Waals surface area contributed by atoms with Crippen LogP contribution in [-0.2, 0) is 20.0 Å². The predicted molar refractivity (Wildman–Crippen MR) is 73.7 cm³/mol. The number of hydrogen-bond donors (Lipinski definition) is 1. The fourth-order valence-electron chi connectivity index (χ4n) is 2.14. The van der Waals surface area contributed by atoms with Crippen LogP contribution in [0, 0.1) is 0 Å². The van der Waals surface area contributed by atoms with Crippen LogP contribution in [0.2, 0.25) is 5.02 Å². The molecule has 2 N–H and O–H groups in total. The van der Waals surface area contributed by atoms with E-state index in [9.17, 15) is 0 Å². The summed E-state index contributed by atoms with van der Waals surface area (Å²) in [7, 11) is 1.93. The Morgan fingerprint density at radius 1 is 1.50 bits per heavy atom.